The van der Waals surface area contributed by atoms with Crippen LogP contribution in [0, 0.1) is 0 Å². The Morgan fingerprint density at radius 3 is 2.60 bits per heavy atom. The molecule has 5 heteroatoms. The Kier molecular flexibility index (Phi) is 2.73. The Morgan fingerprint density at radius 1 is 1.33 bits per heavy atom. The minimum Gasteiger partial charge on any atom is -0.376 e. The molecule has 0 radical (unpaired) electrons. The Hall–Kier alpha value is -1.36. The van der Waals surface area contributed by atoms with E-state index in [0.717, 1.165) is 30.3 Å². The summed E-state index contributed by atoms with van der Waals surface area (Å²) in [6.07, 6.45) is 5.73. The molecular weight excluding hydrogens is 196 g/mol. The molecule has 1 aromatic rings. The van der Waals surface area contributed by atoms with Gasteiger partial charge in [0, 0.05) is 18.3 Å². The van der Waals surface area contributed by atoms with Gasteiger partial charge in [0.25, 0.3) is 5.56 Å². The molecule has 5 nitrogen and oxygen atoms in total. The molecule has 0 bridgehead atoms. The summed E-state index contributed by atoms with van der Waals surface area (Å²) in [5, 5.41) is 8.92. The van der Waals surface area contributed by atoms with Crippen LogP contribution in [0.5, 0.6) is 0 Å². The summed E-state index contributed by atoms with van der Waals surface area (Å²) in [6.45, 7) is -0.550. The normalized spacial score (nSPS) is 17.1. The largest absolute Gasteiger partial charge is 0.376 e. The van der Waals surface area contributed by atoms with Gasteiger partial charge in [-0.25, -0.2) is 9.36 Å². The van der Waals surface area contributed by atoms with E-state index in [1.807, 2.05) is 0 Å². The van der Waals surface area contributed by atoms with Gasteiger partial charge in [-0.3, -0.25) is 9.36 Å². The second kappa shape index (κ2) is 4.02. The van der Waals surface area contributed by atoms with Crippen molar-refractivity contribution in [3.63, 3.8) is 0 Å². The summed E-state index contributed by atoms with van der Waals surface area (Å²) in [5.74, 6) is 0. The van der Waals surface area contributed by atoms with Crippen molar-refractivity contribution in [2.24, 2.45) is 0 Å². The fourth-order valence-corrected chi connectivity index (χ4v) is 2.12. The molecule has 0 aliphatic heterocycles. The van der Waals surface area contributed by atoms with Gasteiger partial charge in [-0.05, 0) is 12.8 Å². The van der Waals surface area contributed by atoms with Gasteiger partial charge < -0.3 is 5.11 Å². The first-order valence-electron chi connectivity index (χ1n) is 5.17. The van der Waals surface area contributed by atoms with E-state index in [4.69, 9.17) is 5.11 Å². The maximum atomic E-state index is 11.8. The molecule has 1 heterocycles. The maximum Gasteiger partial charge on any atom is 0.333 e. The highest BCUT2D eigenvalue weighted by Crippen LogP contribution is 2.27. The molecule has 0 atom stereocenters. The average molecular weight is 210 g/mol. The highest BCUT2D eigenvalue weighted by Gasteiger charge is 2.18. The highest BCUT2D eigenvalue weighted by molar-refractivity contribution is 4.89. The molecule has 2 rings (SSSR count). The lowest BCUT2D eigenvalue weighted by molar-refractivity contribution is 0.195. The van der Waals surface area contributed by atoms with Gasteiger partial charge in [0.15, 0.2) is 0 Å². The first-order chi connectivity index (χ1) is 7.24. The Bertz CT molecular complexity index is 454. The smallest absolute Gasteiger partial charge is 0.333 e. The van der Waals surface area contributed by atoms with Crippen molar-refractivity contribution in [3.8, 4) is 0 Å². The van der Waals surface area contributed by atoms with E-state index in [-0.39, 0.29) is 6.04 Å². The van der Waals surface area contributed by atoms with E-state index in [2.05, 4.69) is 0 Å². The van der Waals surface area contributed by atoms with E-state index in [9.17, 15) is 9.59 Å². The van der Waals surface area contributed by atoms with Gasteiger partial charge in [-0.15, -0.1) is 0 Å². The van der Waals surface area contributed by atoms with Gasteiger partial charge in [0.05, 0.1) is 0 Å². The molecule has 15 heavy (non-hydrogen) atoms. The third kappa shape index (κ3) is 1.74. The lowest BCUT2D eigenvalue weighted by Crippen LogP contribution is -2.40. The zero-order chi connectivity index (χ0) is 10.8. The Morgan fingerprint density at radius 2 is 2.00 bits per heavy atom. The number of hydrogen-bond donors (Lipinski definition) is 1. The number of nitrogens with zero attached hydrogens (tertiary/aromatic N) is 2. The first-order valence-corrected chi connectivity index (χ1v) is 5.17. The molecule has 1 N–H and O–H groups in total. The number of aliphatic hydroxyl groups excluding tert-OH is 1. The van der Waals surface area contributed by atoms with Gasteiger partial charge >= 0.3 is 5.69 Å². The zero-order valence-corrected chi connectivity index (χ0v) is 8.43. The Balaban J connectivity index is 2.49. The summed E-state index contributed by atoms with van der Waals surface area (Å²) in [7, 11) is 0. The summed E-state index contributed by atoms with van der Waals surface area (Å²) >= 11 is 0. The van der Waals surface area contributed by atoms with Crippen LogP contribution in [0.3, 0.4) is 0 Å². The molecule has 1 saturated carbocycles. The number of aromatic nitrogens is 2. The van der Waals surface area contributed by atoms with Crippen LogP contribution in [0.25, 0.3) is 0 Å². The quantitative estimate of drug-likeness (QED) is 0.751. The molecular formula is C10H14N2O3. The molecule has 0 saturated heterocycles. The molecule has 1 aliphatic rings. The van der Waals surface area contributed by atoms with Crippen molar-refractivity contribution in [1.29, 1.82) is 0 Å². The highest BCUT2D eigenvalue weighted by atomic mass is 16.3. The second-order valence-corrected chi connectivity index (χ2v) is 3.85. The monoisotopic (exact) mass is 210 g/mol. The summed E-state index contributed by atoms with van der Waals surface area (Å²) in [6, 6.07) is 1.52. The van der Waals surface area contributed by atoms with Crippen LogP contribution in [0.1, 0.15) is 31.7 Å². The van der Waals surface area contributed by atoms with Gasteiger partial charge in [-0.1, -0.05) is 12.8 Å². The van der Waals surface area contributed by atoms with Crippen molar-refractivity contribution in [1.82, 2.24) is 9.13 Å². The van der Waals surface area contributed by atoms with Gasteiger partial charge in [0.2, 0.25) is 0 Å². The van der Waals surface area contributed by atoms with Crippen molar-refractivity contribution >= 4 is 0 Å². The summed E-state index contributed by atoms with van der Waals surface area (Å²) in [4.78, 5) is 23.0. The van der Waals surface area contributed by atoms with Crippen LogP contribution >= 0.6 is 0 Å². The zero-order valence-electron chi connectivity index (χ0n) is 8.43. The Labute approximate surface area is 86.6 Å². The van der Waals surface area contributed by atoms with Crippen molar-refractivity contribution in [3.05, 3.63) is 33.1 Å². The van der Waals surface area contributed by atoms with Crippen molar-refractivity contribution in [2.75, 3.05) is 0 Å². The first kappa shape index (κ1) is 10.2. The van der Waals surface area contributed by atoms with Crippen LogP contribution in [-0.2, 0) is 6.73 Å². The van der Waals surface area contributed by atoms with Gasteiger partial charge in [-0.2, -0.15) is 0 Å². The summed E-state index contributed by atoms with van der Waals surface area (Å²) < 4.78 is 2.41. The lowest BCUT2D eigenvalue weighted by atomic mass is 10.2. The topological polar surface area (TPSA) is 64.2 Å². The maximum absolute atomic E-state index is 11.8. The van der Waals surface area contributed by atoms with Crippen molar-refractivity contribution in [2.45, 2.75) is 38.5 Å². The molecule has 1 fully saturated rings. The van der Waals surface area contributed by atoms with Gasteiger partial charge in [0.1, 0.15) is 6.73 Å². The fourth-order valence-electron chi connectivity index (χ4n) is 2.12. The third-order valence-electron chi connectivity index (χ3n) is 2.96. The van der Waals surface area contributed by atoms with E-state index < -0.39 is 18.0 Å². The van der Waals surface area contributed by atoms with E-state index in [1.54, 1.807) is 4.57 Å². The van der Waals surface area contributed by atoms with Crippen LogP contribution in [0.2, 0.25) is 0 Å². The van der Waals surface area contributed by atoms with Crippen LogP contribution in [0.4, 0.5) is 0 Å². The summed E-state index contributed by atoms with van der Waals surface area (Å²) in [5.41, 5.74) is -0.853. The minimum absolute atomic E-state index is 0.191. The second-order valence-electron chi connectivity index (χ2n) is 3.85. The molecule has 0 spiro atoms. The van der Waals surface area contributed by atoms with E-state index in [1.165, 1.54) is 12.3 Å². The SMILES string of the molecule is O=c1ccn(C2CCCC2)c(=O)n1CO. The van der Waals surface area contributed by atoms with Crippen molar-refractivity contribution < 1.29 is 5.11 Å². The van der Waals surface area contributed by atoms with Crippen LogP contribution in [-0.4, -0.2) is 14.2 Å². The average Bonchev–Trinajstić information content (AvgIpc) is 2.71. The number of hydrogen-bond acceptors (Lipinski definition) is 3. The van der Waals surface area contributed by atoms with Crippen LogP contribution in [0.15, 0.2) is 21.9 Å². The minimum atomic E-state index is -0.550. The molecule has 82 valence electrons. The fraction of sp³-hybridized carbons (Fsp3) is 0.600. The predicted octanol–water partition coefficient (Wildman–Crippen LogP) is 0.0749. The third-order valence-corrected chi connectivity index (χ3v) is 2.96. The molecule has 0 aromatic carbocycles. The molecule has 1 aromatic heterocycles. The van der Waals surface area contributed by atoms with E-state index >= 15 is 0 Å². The lowest BCUT2D eigenvalue weighted by Gasteiger charge is -2.13. The van der Waals surface area contributed by atoms with E-state index in [0.29, 0.717) is 0 Å². The number of rotatable bonds is 2. The standard InChI is InChI=1S/C10H14N2O3/c13-7-12-9(14)5-6-11(10(12)15)8-3-1-2-4-8/h5-6,8,13H,1-4,7H2. The molecule has 0 amide bonds. The van der Waals surface area contributed by atoms with Crippen LogP contribution < -0.4 is 11.2 Å². The number of aliphatic hydroxyl groups is 1. The molecule has 1 aliphatic carbocycles. The molecule has 0 unspecified atom stereocenters. The predicted molar refractivity (Wildman–Crippen MR) is 54.7 cm³/mol.